The van der Waals surface area contributed by atoms with Gasteiger partial charge in [-0.1, -0.05) is 0 Å². The lowest BCUT2D eigenvalue weighted by Gasteiger charge is -2.44. The molecule has 0 amide bonds. The van der Waals surface area contributed by atoms with Crippen molar-refractivity contribution in [2.45, 2.75) is 19.4 Å². The van der Waals surface area contributed by atoms with Crippen LogP contribution in [-0.4, -0.2) is 50.5 Å². The molecule has 31 heavy (non-hydrogen) atoms. The molecule has 3 aromatic rings. The molecule has 2 aliphatic heterocycles. The molecule has 0 spiro atoms. The Morgan fingerprint density at radius 3 is 2.87 bits per heavy atom. The lowest BCUT2D eigenvalue weighted by atomic mass is 10.1. The number of hydrogen-bond donors (Lipinski definition) is 1. The molecule has 1 aromatic heterocycles. The number of benzene rings is 2. The van der Waals surface area contributed by atoms with Gasteiger partial charge in [-0.25, -0.2) is 4.39 Å². The van der Waals surface area contributed by atoms with E-state index < -0.39 is 0 Å². The van der Waals surface area contributed by atoms with E-state index in [2.05, 4.69) is 4.98 Å². The SMILES string of the molecule is Cc1ccc2c3c(ccc2n1)OC[C@H](C[N+]1(CCCN)CCOc2ccc(F)cc21)O3. The second-order valence-electron chi connectivity index (χ2n) is 8.34. The van der Waals surface area contributed by atoms with Crippen LogP contribution in [0.15, 0.2) is 42.5 Å². The summed E-state index contributed by atoms with van der Waals surface area (Å²) in [5, 5.41) is 0.940. The Hall–Kier alpha value is -2.90. The van der Waals surface area contributed by atoms with E-state index in [1.54, 1.807) is 12.1 Å². The third-order valence-corrected chi connectivity index (χ3v) is 6.19. The fourth-order valence-corrected chi connectivity index (χ4v) is 4.70. The normalized spacial score (nSPS) is 22.1. The number of quaternary nitrogens is 1. The zero-order valence-electron chi connectivity index (χ0n) is 17.6. The largest absolute Gasteiger partial charge is 0.486 e. The highest BCUT2D eigenvalue weighted by Gasteiger charge is 2.41. The van der Waals surface area contributed by atoms with Gasteiger partial charge >= 0.3 is 0 Å². The summed E-state index contributed by atoms with van der Waals surface area (Å²) in [5.41, 5.74) is 8.54. The number of aromatic nitrogens is 1. The van der Waals surface area contributed by atoms with Gasteiger partial charge < -0.3 is 19.9 Å². The molecule has 5 rings (SSSR count). The van der Waals surface area contributed by atoms with Gasteiger partial charge in [0.05, 0.1) is 12.1 Å². The third kappa shape index (κ3) is 3.68. The summed E-state index contributed by atoms with van der Waals surface area (Å²) in [6.07, 6.45) is 0.637. The molecule has 2 N–H and O–H groups in total. The van der Waals surface area contributed by atoms with E-state index in [1.807, 2.05) is 31.2 Å². The van der Waals surface area contributed by atoms with E-state index >= 15 is 0 Å². The van der Waals surface area contributed by atoms with Gasteiger partial charge in [0.2, 0.25) is 0 Å². The molecule has 2 aromatic carbocycles. The van der Waals surface area contributed by atoms with Gasteiger partial charge in [0.1, 0.15) is 32.1 Å². The molecule has 6 nitrogen and oxygen atoms in total. The number of ether oxygens (including phenoxy) is 3. The average Bonchev–Trinajstić information content (AvgIpc) is 2.78. The van der Waals surface area contributed by atoms with E-state index in [-0.39, 0.29) is 11.9 Å². The molecule has 0 aliphatic carbocycles. The van der Waals surface area contributed by atoms with Crippen LogP contribution in [0.3, 0.4) is 0 Å². The molecule has 1 unspecified atom stereocenters. The zero-order chi connectivity index (χ0) is 21.4. The molecule has 0 radical (unpaired) electrons. The van der Waals surface area contributed by atoms with Crippen LogP contribution < -0.4 is 24.4 Å². The van der Waals surface area contributed by atoms with Crippen LogP contribution in [0, 0.1) is 12.7 Å². The summed E-state index contributed by atoms with van der Waals surface area (Å²) in [7, 11) is 0. The lowest BCUT2D eigenvalue weighted by molar-refractivity contribution is 0.0515. The molecule has 0 saturated heterocycles. The summed E-state index contributed by atoms with van der Waals surface area (Å²) in [4.78, 5) is 4.61. The van der Waals surface area contributed by atoms with Gasteiger partial charge in [0, 0.05) is 23.6 Å². The summed E-state index contributed by atoms with van der Waals surface area (Å²) in [6.45, 7) is 5.73. The third-order valence-electron chi connectivity index (χ3n) is 6.19. The second kappa shape index (κ2) is 7.98. The molecule has 2 aliphatic rings. The number of hydrogen-bond acceptors (Lipinski definition) is 5. The van der Waals surface area contributed by atoms with Crippen LogP contribution in [-0.2, 0) is 0 Å². The molecule has 162 valence electrons. The number of nitrogens with zero attached hydrogens (tertiary/aromatic N) is 2. The van der Waals surface area contributed by atoms with Crippen molar-refractivity contribution >= 4 is 16.6 Å². The minimum absolute atomic E-state index is 0.189. The number of rotatable bonds is 5. The first kappa shape index (κ1) is 20.0. The molecule has 0 bridgehead atoms. The van der Waals surface area contributed by atoms with Crippen molar-refractivity contribution in [2.24, 2.45) is 5.73 Å². The molecular weight excluding hydrogens is 397 g/mol. The summed E-state index contributed by atoms with van der Waals surface area (Å²) < 4.78 is 33.2. The summed E-state index contributed by atoms with van der Waals surface area (Å²) >= 11 is 0. The van der Waals surface area contributed by atoms with Gasteiger partial charge in [0.15, 0.2) is 29.0 Å². The van der Waals surface area contributed by atoms with Crippen molar-refractivity contribution in [2.75, 3.05) is 39.4 Å². The van der Waals surface area contributed by atoms with E-state index in [4.69, 9.17) is 19.9 Å². The molecule has 3 heterocycles. The van der Waals surface area contributed by atoms with Gasteiger partial charge in [-0.05, 0) is 49.9 Å². The maximum absolute atomic E-state index is 14.2. The standard InChI is InChI=1S/C24H27FN3O3/c1-16-3-5-19-20(27-16)6-8-23-24(19)31-18(15-30-23)14-28(10-2-9-26)11-12-29-22-7-4-17(25)13-21(22)28/h3-8,13,18H,2,9-12,14-15,26H2,1H3/q+1/t18-,28?/m0/s1. The van der Waals surface area contributed by atoms with Crippen molar-refractivity contribution < 1.29 is 18.6 Å². The smallest absolute Gasteiger partial charge is 0.182 e. The number of pyridine rings is 1. The van der Waals surface area contributed by atoms with Gasteiger partial charge in [-0.15, -0.1) is 0 Å². The van der Waals surface area contributed by atoms with E-state index in [9.17, 15) is 4.39 Å². The number of halogens is 1. The average molecular weight is 424 g/mol. The number of nitrogens with two attached hydrogens (primary N) is 1. The molecular formula is C24H27FN3O3+. The lowest BCUT2D eigenvalue weighted by Crippen LogP contribution is -2.60. The fraction of sp³-hybridized carbons (Fsp3) is 0.375. The Morgan fingerprint density at radius 1 is 1.13 bits per heavy atom. The van der Waals surface area contributed by atoms with Crippen molar-refractivity contribution in [3.8, 4) is 17.2 Å². The van der Waals surface area contributed by atoms with Crippen LogP contribution in [0.5, 0.6) is 17.2 Å². The monoisotopic (exact) mass is 424 g/mol. The topological polar surface area (TPSA) is 66.6 Å². The Balaban J connectivity index is 1.49. The molecule has 7 heteroatoms. The van der Waals surface area contributed by atoms with Crippen molar-refractivity contribution in [3.63, 3.8) is 0 Å². The zero-order valence-corrected chi connectivity index (χ0v) is 17.6. The molecule has 0 saturated carbocycles. The highest BCUT2D eigenvalue weighted by atomic mass is 19.1. The van der Waals surface area contributed by atoms with Crippen LogP contribution in [0.2, 0.25) is 0 Å². The van der Waals surface area contributed by atoms with Crippen molar-refractivity contribution in [1.82, 2.24) is 9.47 Å². The van der Waals surface area contributed by atoms with Crippen LogP contribution >= 0.6 is 0 Å². The van der Waals surface area contributed by atoms with Crippen LogP contribution in [0.4, 0.5) is 10.1 Å². The molecule has 0 fully saturated rings. The van der Waals surface area contributed by atoms with Crippen LogP contribution in [0.1, 0.15) is 12.1 Å². The minimum Gasteiger partial charge on any atom is -0.486 e. The highest BCUT2D eigenvalue weighted by Crippen LogP contribution is 2.41. The summed E-state index contributed by atoms with van der Waals surface area (Å²) in [6, 6.07) is 12.6. The first-order valence-corrected chi connectivity index (χ1v) is 10.8. The minimum atomic E-state index is -0.266. The predicted molar refractivity (Wildman–Crippen MR) is 118 cm³/mol. The highest BCUT2D eigenvalue weighted by molar-refractivity contribution is 5.88. The summed E-state index contributed by atoms with van der Waals surface area (Å²) in [5.74, 6) is 1.92. The van der Waals surface area contributed by atoms with E-state index in [1.165, 1.54) is 6.07 Å². The maximum Gasteiger partial charge on any atom is 0.182 e. The first-order chi connectivity index (χ1) is 15.1. The molecule has 2 atom stereocenters. The first-order valence-electron chi connectivity index (χ1n) is 10.8. The number of fused-ring (bicyclic) bond motifs is 4. The fourth-order valence-electron chi connectivity index (χ4n) is 4.70. The Labute approximate surface area is 180 Å². The van der Waals surface area contributed by atoms with E-state index in [0.717, 1.165) is 59.0 Å². The van der Waals surface area contributed by atoms with Crippen molar-refractivity contribution in [3.05, 3.63) is 54.0 Å². The Kier molecular flexibility index (Phi) is 5.16. The van der Waals surface area contributed by atoms with E-state index in [0.29, 0.717) is 30.8 Å². The Bertz CT molecular complexity index is 1120. The second-order valence-corrected chi connectivity index (χ2v) is 8.34. The number of aryl methyl sites for hydroxylation is 1. The van der Waals surface area contributed by atoms with Crippen molar-refractivity contribution in [1.29, 1.82) is 0 Å². The van der Waals surface area contributed by atoms with Gasteiger partial charge in [-0.3, -0.25) is 9.47 Å². The maximum atomic E-state index is 14.2. The van der Waals surface area contributed by atoms with Crippen LogP contribution in [0.25, 0.3) is 10.9 Å². The van der Waals surface area contributed by atoms with Gasteiger partial charge in [-0.2, -0.15) is 0 Å². The predicted octanol–water partition coefficient (Wildman–Crippen LogP) is 3.57. The quantitative estimate of drug-likeness (QED) is 0.635. The Morgan fingerprint density at radius 2 is 2.00 bits per heavy atom. The van der Waals surface area contributed by atoms with Gasteiger partial charge in [0.25, 0.3) is 0 Å².